The molecule has 0 saturated heterocycles. The number of hydrogen-bond acceptors (Lipinski definition) is 1. The van der Waals surface area contributed by atoms with E-state index in [1.165, 1.54) is 5.56 Å². The molecule has 1 aliphatic carbocycles. The van der Waals surface area contributed by atoms with Gasteiger partial charge in [-0.15, -0.1) is 6.58 Å². The van der Waals surface area contributed by atoms with Crippen LogP contribution in [0.4, 0.5) is 0 Å². The number of carbonyl (C=O) groups is 1. The Morgan fingerprint density at radius 2 is 2.06 bits per heavy atom. The lowest BCUT2D eigenvalue weighted by Gasteiger charge is -2.28. The van der Waals surface area contributed by atoms with E-state index in [9.17, 15) is 4.79 Å². The summed E-state index contributed by atoms with van der Waals surface area (Å²) >= 11 is 0. The van der Waals surface area contributed by atoms with Crippen molar-refractivity contribution in [2.45, 2.75) is 38.0 Å². The Morgan fingerprint density at radius 3 is 2.56 bits per heavy atom. The normalized spacial score (nSPS) is 24.7. The smallest absolute Gasteiger partial charge is 0.143 e. The first-order chi connectivity index (χ1) is 7.65. The van der Waals surface area contributed by atoms with Gasteiger partial charge in [0.15, 0.2) is 0 Å². The van der Waals surface area contributed by atoms with Gasteiger partial charge in [-0.25, -0.2) is 0 Å². The first-order valence-electron chi connectivity index (χ1n) is 5.88. The van der Waals surface area contributed by atoms with Crippen molar-refractivity contribution in [1.29, 1.82) is 0 Å². The molecule has 1 aromatic carbocycles. The molecule has 84 valence electrons. The Bertz CT molecular complexity index is 405. The van der Waals surface area contributed by atoms with Crippen LogP contribution < -0.4 is 0 Å². The van der Waals surface area contributed by atoms with Crippen LogP contribution in [0.1, 0.15) is 38.2 Å². The Balaban J connectivity index is 2.42. The first-order valence-corrected chi connectivity index (χ1v) is 5.88. The molecule has 1 heteroatoms. The fourth-order valence-electron chi connectivity index (χ4n) is 2.80. The van der Waals surface area contributed by atoms with Gasteiger partial charge in [0.1, 0.15) is 5.78 Å². The van der Waals surface area contributed by atoms with Gasteiger partial charge in [-0.3, -0.25) is 4.79 Å². The monoisotopic (exact) mass is 214 g/mol. The van der Waals surface area contributed by atoms with Crippen LogP contribution >= 0.6 is 0 Å². The summed E-state index contributed by atoms with van der Waals surface area (Å²) in [6.45, 7) is 5.98. The number of Topliss-reactive ketones (excluding diaryl/α,β-unsaturated/α-hetero) is 1. The van der Waals surface area contributed by atoms with E-state index in [0.717, 1.165) is 31.3 Å². The van der Waals surface area contributed by atoms with Gasteiger partial charge in [0.2, 0.25) is 0 Å². The third-order valence-corrected chi connectivity index (χ3v) is 3.47. The summed E-state index contributed by atoms with van der Waals surface area (Å²) in [5.41, 5.74) is 1.99. The lowest BCUT2D eigenvalue weighted by Crippen LogP contribution is -2.31. The minimum absolute atomic E-state index is 0.271. The van der Waals surface area contributed by atoms with Crippen molar-refractivity contribution in [3.63, 3.8) is 0 Å². The second-order valence-electron chi connectivity index (χ2n) is 4.86. The molecule has 1 fully saturated rings. The van der Waals surface area contributed by atoms with Crippen LogP contribution in [-0.2, 0) is 10.2 Å². The molecule has 0 radical (unpaired) electrons. The summed E-state index contributed by atoms with van der Waals surface area (Å²) in [6, 6.07) is 10.2. The molecule has 16 heavy (non-hydrogen) atoms. The maximum Gasteiger partial charge on any atom is 0.143 e. The molecule has 2 rings (SSSR count). The van der Waals surface area contributed by atoms with Crippen molar-refractivity contribution in [3.05, 3.63) is 48.0 Å². The van der Waals surface area contributed by atoms with E-state index in [0.29, 0.717) is 5.78 Å². The Hall–Kier alpha value is -1.37. The van der Waals surface area contributed by atoms with Gasteiger partial charge in [-0.05, 0) is 31.7 Å². The predicted octanol–water partition coefficient (Wildman–Crippen LogP) is 3.64. The van der Waals surface area contributed by atoms with Gasteiger partial charge in [0.05, 0.1) is 5.41 Å². The third-order valence-electron chi connectivity index (χ3n) is 3.47. The van der Waals surface area contributed by atoms with Gasteiger partial charge in [-0.2, -0.15) is 0 Å². The van der Waals surface area contributed by atoms with E-state index >= 15 is 0 Å². The Morgan fingerprint density at radius 1 is 1.38 bits per heavy atom. The minimum atomic E-state index is -0.271. The van der Waals surface area contributed by atoms with Crippen molar-refractivity contribution >= 4 is 5.78 Å². The number of allylic oxidation sites excluding steroid dienone is 1. The van der Waals surface area contributed by atoms with Crippen LogP contribution in [0.15, 0.2) is 42.5 Å². The minimum Gasteiger partial charge on any atom is -0.299 e. The van der Waals surface area contributed by atoms with Crippen LogP contribution in [0.5, 0.6) is 0 Å². The zero-order chi connectivity index (χ0) is 11.6. The van der Waals surface area contributed by atoms with E-state index in [1.807, 2.05) is 25.1 Å². The molecule has 0 heterocycles. The average molecular weight is 214 g/mol. The zero-order valence-corrected chi connectivity index (χ0v) is 9.83. The van der Waals surface area contributed by atoms with Crippen LogP contribution in [0.25, 0.3) is 0 Å². The number of hydrogen-bond donors (Lipinski definition) is 0. The Kier molecular flexibility index (Phi) is 2.95. The molecule has 0 amide bonds. The van der Waals surface area contributed by atoms with Gasteiger partial charge < -0.3 is 0 Å². The fourth-order valence-corrected chi connectivity index (χ4v) is 2.80. The average Bonchev–Trinajstić information content (AvgIpc) is 2.62. The maximum absolute atomic E-state index is 12.2. The second kappa shape index (κ2) is 4.25. The molecule has 1 aliphatic rings. The largest absolute Gasteiger partial charge is 0.299 e. The van der Waals surface area contributed by atoms with E-state index < -0.39 is 0 Å². The molecule has 0 bridgehead atoms. The summed E-state index contributed by atoms with van der Waals surface area (Å²) in [5, 5.41) is 0. The fraction of sp³-hybridized carbons (Fsp3) is 0.400. The molecular weight excluding hydrogens is 196 g/mol. The van der Waals surface area contributed by atoms with Crippen molar-refractivity contribution < 1.29 is 4.79 Å². The van der Waals surface area contributed by atoms with Gasteiger partial charge in [-0.1, -0.05) is 35.9 Å². The summed E-state index contributed by atoms with van der Waals surface area (Å²) in [4.78, 5) is 12.2. The highest BCUT2D eigenvalue weighted by atomic mass is 16.1. The number of ketones is 1. The van der Waals surface area contributed by atoms with Gasteiger partial charge >= 0.3 is 0 Å². The van der Waals surface area contributed by atoms with Crippen LogP contribution in [0.2, 0.25) is 0 Å². The molecule has 1 atom stereocenters. The summed E-state index contributed by atoms with van der Waals surface area (Å²) < 4.78 is 0. The third kappa shape index (κ3) is 1.82. The summed E-state index contributed by atoms with van der Waals surface area (Å²) in [6.07, 6.45) is 3.52. The Labute approximate surface area is 97.2 Å². The van der Waals surface area contributed by atoms with Gasteiger partial charge in [0.25, 0.3) is 0 Å². The highest BCUT2D eigenvalue weighted by molar-refractivity contribution is 5.92. The quantitative estimate of drug-likeness (QED) is 0.702. The van der Waals surface area contributed by atoms with Crippen molar-refractivity contribution in [2.24, 2.45) is 0 Å². The predicted molar refractivity (Wildman–Crippen MR) is 66.4 cm³/mol. The zero-order valence-electron chi connectivity index (χ0n) is 9.83. The molecule has 0 spiro atoms. The van der Waals surface area contributed by atoms with Crippen LogP contribution in [-0.4, -0.2) is 5.78 Å². The maximum atomic E-state index is 12.2. The van der Waals surface area contributed by atoms with E-state index in [1.54, 1.807) is 0 Å². The lowest BCUT2D eigenvalue weighted by atomic mass is 9.74. The van der Waals surface area contributed by atoms with Crippen LogP contribution in [0, 0.1) is 0 Å². The van der Waals surface area contributed by atoms with Gasteiger partial charge in [0, 0.05) is 6.42 Å². The molecule has 1 unspecified atom stereocenters. The molecular formula is C15H18O. The molecule has 0 aromatic heterocycles. The number of rotatable bonds is 3. The summed E-state index contributed by atoms with van der Waals surface area (Å²) in [7, 11) is 0. The van der Waals surface area contributed by atoms with Crippen LogP contribution in [0.3, 0.4) is 0 Å². The molecule has 0 aliphatic heterocycles. The number of benzene rings is 1. The highest BCUT2D eigenvalue weighted by Gasteiger charge is 2.42. The van der Waals surface area contributed by atoms with E-state index in [4.69, 9.17) is 0 Å². The lowest BCUT2D eigenvalue weighted by molar-refractivity contribution is -0.122. The summed E-state index contributed by atoms with van der Waals surface area (Å²) in [5.74, 6) is 0.390. The van der Waals surface area contributed by atoms with Crippen molar-refractivity contribution in [1.82, 2.24) is 0 Å². The SMILES string of the molecule is C=C(C)CC1(c2ccccc2)CCCC1=O. The topological polar surface area (TPSA) is 17.1 Å². The highest BCUT2D eigenvalue weighted by Crippen LogP contribution is 2.42. The van der Waals surface area contributed by atoms with Crippen molar-refractivity contribution in [3.8, 4) is 0 Å². The molecule has 0 N–H and O–H groups in total. The molecule has 1 saturated carbocycles. The van der Waals surface area contributed by atoms with Crippen molar-refractivity contribution in [2.75, 3.05) is 0 Å². The molecule has 1 nitrogen and oxygen atoms in total. The van der Waals surface area contributed by atoms with E-state index in [-0.39, 0.29) is 5.41 Å². The standard InChI is InChI=1S/C15H18O/c1-12(2)11-15(10-6-9-14(15)16)13-7-4-3-5-8-13/h3-5,7-8H,1,6,9-11H2,2H3. The molecule has 1 aromatic rings. The van der Waals surface area contributed by atoms with E-state index in [2.05, 4.69) is 18.7 Å². The second-order valence-corrected chi connectivity index (χ2v) is 4.86. The number of carbonyl (C=O) groups excluding carboxylic acids is 1. The first kappa shape index (κ1) is 11.1.